The van der Waals surface area contributed by atoms with Crippen LogP contribution in [0.25, 0.3) is 0 Å². The van der Waals surface area contributed by atoms with Crippen molar-refractivity contribution in [1.29, 1.82) is 0 Å². The van der Waals surface area contributed by atoms with Crippen molar-refractivity contribution in [3.63, 3.8) is 0 Å². The minimum Gasteiger partial charge on any atom is -0.393 e. The highest BCUT2D eigenvalue weighted by Gasteiger charge is 2.76. The molecular formula is C5HF9O4S. The van der Waals surface area contributed by atoms with Gasteiger partial charge in [0.05, 0.1) is 0 Å². The number of esters is 1. The van der Waals surface area contributed by atoms with Gasteiger partial charge in [0.25, 0.3) is 0 Å². The van der Waals surface area contributed by atoms with E-state index in [2.05, 4.69) is 4.74 Å². The molecule has 14 heteroatoms. The second-order valence-electron chi connectivity index (χ2n) is 2.80. The van der Waals surface area contributed by atoms with E-state index in [1.807, 2.05) is 0 Å². The molecule has 0 rings (SSSR count). The smallest absolute Gasteiger partial charge is 0.393 e. The Morgan fingerprint density at radius 1 is 1.00 bits per heavy atom. The molecule has 0 heterocycles. The summed E-state index contributed by atoms with van der Waals surface area (Å²) in [7, 11) is -6.46. The molecule has 0 radical (unpaired) electrons. The van der Waals surface area contributed by atoms with E-state index in [4.69, 9.17) is 0 Å². The quantitative estimate of drug-likeness (QED) is 0.449. The van der Waals surface area contributed by atoms with Gasteiger partial charge in [-0.3, -0.25) is 0 Å². The summed E-state index contributed by atoms with van der Waals surface area (Å²) in [5.41, 5.74) is -4.48. The fourth-order valence-corrected chi connectivity index (χ4v) is 0.795. The van der Waals surface area contributed by atoms with Crippen molar-refractivity contribution in [3.8, 4) is 0 Å². The molecule has 0 amide bonds. The van der Waals surface area contributed by atoms with Crippen LogP contribution in [0.2, 0.25) is 0 Å². The summed E-state index contributed by atoms with van der Waals surface area (Å²) in [6.07, 6.45) is -13.5. The topological polar surface area (TPSA) is 60.4 Å². The van der Waals surface area contributed by atoms with Crippen LogP contribution in [-0.2, 0) is 19.8 Å². The van der Waals surface area contributed by atoms with Crippen LogP contribution >= 0.6 is 0 Å². The Hall–Kier alpha value is -1.21. The third-order valence-electron chi connectivity index (χ3n) is 1.38. The van der Waals surface area contributed by atoms with E-state index in [1.165, 1.54) is 0 Å². The Kier molecular flexibility index (Phi) is 4.42. The van der Waals surface area contributed by atoms with Crippen LogP contribution in [0, 0.1) is 0 Å². The van der Waals surface area contributed by atoms with Crippen LogP contribution in [0.3, 0.4) is 0 Å². The predicted molar refractivity (Wildman–Crippen MR) is 37.0 cm³/mol. The Balaban J connectivity index is 5.25. The number of hydrogen-bond acceptors (Lipinski definition) is 4. The molecule has 0 aliphatic rings. The molecule has 0 saturated carbocycles. The third kappa shape index (κ3) is 3.63. The zero-order valence-electron chi connectivity index (χ0n) is 8.02. The lowest BCUT2D eigenvalue weighted by Crippen LogP contribution is -2.54. The average Bonchev–Trinajstić information content (AvgIpc) is 2.12. The third-order valence-corrected chi connectivity index (χ3v) is 2.07. The molecule has 1 unspecified atom stereocenters. The van der Waals surface area contributed by atoms with Crippen LogP contribution in [-0.4, -0.2) is 38.1 Å². The Morgan fingerprint density at radius 3 is 1.63 bits per heavy atom. The molecule has 0 spiro atoms. The van der Waals surface area contributed by atoms with Gasteiger partial charge >= 0.3 is 39.9 Å². The maximum Gasteiger partial charge on any atom is 0.476 e. The first kappa shape index (κ1) is 17.8. The number of halogens is 9. The number of carbonyl (C=O) groups excluding carboxylic acids is 1. The van der Waals surface area contributed by atoms with Crippen LogP contribution in [0.5, 0.6) is 0 Å². The number of rotatable bonds is 4. The standard InChI is InChI=1S/C5HF9O4S/c6-1(19(14,16)17)2(15)18-5(12,13)3(7,8)4(9,10)11/h1H. The summed E-state index contributed by atoms with van der Waals surface area (Å²) in [4.78, 5) is 10.2. The summed E-state index contributed by atoms with van der Waals surface area (Å²) in [5.74, 6) is -10.4. The van der Waals surface area contributed by atoms with Crippen molar-refractivity contribution in [2.24, 2.45) is 0 Å². The average molecular weight is 328 g/mol. The monoisotopic (exact) mass is 328 g/mol. The molecule has 0 aliphatic carbocycles. The van der Waals surface area contributed by atoms with E-state index >= 15 is 0 Å². The first-order chi connectivity index (χ1) is 8.04. The van der Waals surface area contributed by atoms with Crippen molar-refractivity contribution in [2.75, 3.05) is 0 Å². The minimum atomic E-state index is -6.94. The van der Waals surface area contributed by atoms with Gasteiger partial charge in [-0.25, -0.2) is 9.18 Å². The molecule has 0 aromatic rings. The van der Waals surface area contributed by atoms with Gasteiger partial charge in [0.2, 0.25) is 0 Å². The first-order valence-electron chi connectivity index (χ1n) is 3.67. The lowest BCUT2D eigenvalue weighted by Gasteiger charge is -2.26. The van der Waals surface area contributed by atoms with Crippen LogP contribution in [0.4, 0.5) is 39.0 Å². The first-order valence-corrected chi connectivity index (χ1v) is 5.11. The molecule has 114 valence electrons. The largest absolute Gasteiger partial charge is 0.476 e. The molecule has 0 bridgehead atoms. The predicted octanol–water partition coefficient (Wildman–Crippen LogP) is 1.91. The van der Waals surface area contributed by atoms with Crippen molar-refractivity contribution >= 4 is 16.2 Å². The maximum atomic E-state index is 12.3. The van der Waals surface area contributed by atoms with Gasteiger partial charge in [0.1, 0.15) is 0 Å². The van der Waals surface area contributed by atoms with Gasteiger partial charge in [0.15, 0.2) is 0 Å². The summed E-state index contributed by atoms with van der Waals surface area (Å²) in [5, 5.41) is 0. The van der Waals surface area contributed by atoms with Gasteiger partial charge in [-0.05, 0) is 0 Å². The highest BCUT2D eigenvalue weighted by Crippen LogP contribution is 2.47. The molecule has 0 aromatic heterocycles. The molecule has 0 saturated heterocycles. The Bertz CT molecular complexity index is 452. The molecule has 0 fully saturated rings. The molecule has 0 N–H and O–H groups in total. The van der Waals surface area contributed by atoms with Crippen molar-refractivity contribution in [2.45, 2.75) is 23.7 Å². The van der Waals surface area contributed by atoms with E-state index < -0.39 is 39.9 Å². The highest BCUT2D eigenvalue weighted by molar-refractivity contribution is 7.87. The summed E-state index contributed by atoms with van der Waals surface area (Å²) >= 11 is 0. The number of hydrogen-bond donors (Lipinski definition) is 0. The Labute approximate surface area is 97.9 Å². The highest BCUT2D eigenvalue weighted by atomic mass is 32.3. The molecule has 1 atom stereocenters. The second kappa shape index (κ2) is 4.72. The van der Waals surface area contributed by atoms with Gasteiger partial charge < -0.3 is 4.74 Å². The van der Waals surface area contributed by atoms with Gasteiger partial charge in [0, 0.05) is 0 Å². The van der Waals surface area contributed by atoms with E-state index in [-0.39, 0.29) is 0 Å². The van der Waals surface area contributed by atoms with Crippen molar-refractivity contribution < 1.29 is 57.0 Å². The minimum absolute atomic E-state index is 2.08. The zero-order valence-corrected chi connectivity index (χ0v) is 8.84. The van der Waals surface area contributed by atoms with E-state index in [9.17, 15) is 52.2 Å². The van der Waals surface area contributed by atoms with E-state index in [0.29, 0.717) is 0 Å². The normalized spacial score (nSPS) is 16.1. The molecule has 0 aliphatic heterocycles. The van der Waals surface area contributed by atoms with Gasteiger partial charge in [-0.1, -0.05) is 0 Å². The zero-order chi connectivity index (χ0) is 15.9. The molecular weight excluding hydrogens is 327 g/mol. The van der Waals surface area contributed by atoms with Crippen molar-refractivity contribution in [3.05, 3.63) is 0 Å². The molecule has 4 nitrogen and oxygen atoms in total. The number of ether oxygens (including phenoxy) is 1. The molecule has 0 aromatic carbocycles. The number of alkyl halides is 8. The lowest BCUT2D eigenvalue weighted by atomic mass is 10.3. The summed E-state index contributed by atoms with van der Waals surface area (Å²) < 4.78 is 129. The maximum absolute atomic E-state index is 12.3. The molecule has 19 heavy (non-hydrogen) atoms. The van der Waals surface area contributed by atoms with Gasteiger partial charge in [-0.15, -0.1) is 3.89 Å². The summed E-state index contributed by atoms with van der Waals surface area (Å²) in [6, 6.07) is 0. The number of carbonyl (C=O) groups is 1. The van der Waals surface area contributed by atoms with Gasteiger partial charge in [-0.2, -0.15) is 39.2 Å². The lowest BCUT2D eigenvalue weighted by molar-refractivity contribution is -0.412. The van der Waals surface area contributed by atoms with Crippen LogP contribution in [0.1, 0.15) is 0 Å². The van der Waals surface area contributed by atoms with Crippen molar-refractivity contribution in [1.82, 2.24) is 0 Å². The fraction of sp³-hybridized carbons (Fsp3) is 0.800. The Morgan fingerprint density at radius 2 is 1.37 bits per heavy atom. The van der Waals surface area contributed by atoms with E-state index in [1.54, 1.807) is 0 Å². The fourth-order valence-electron chi connectivity index (χ4n) is 0.517. The van der Waals surface area contributed by atoms with E-state index in [0.717, 1.165) is 0 Å². The van der Waals surface area contributed by atoms with Crippen LogP contribution in [0.15, 0.2) is 0 Å². The summed E-state index contributed by atoms with van der Waals surface area (Å²) in [6.45, 7) is 0. The van der Waals surface area contributed by atoms with Crippen LogP contribution < -0.4 is 0 Å². The second-order valence-corrected chi connectivity index (χ2v) is 4.17. The SMILES string of the molecule is O=C(OC(F)(F)C(F)(F)C(F)(F)F)C(F)S(=O)(=O)F.